The number of likely N-dealkylation sites (N-methyl/N-ethyl adjacent to an activating group) is 1. The predicted molar refractivity (Wildman–Crippen MR) is 76.3 cm³/mol. The van der Waals surface area contributed by atoms with Gasteiger partial charge >= 0.3 is 0 Å². The first-order chi connectivity index (χ1) is 8.29. The Morgan fingerprint density at radius 2 is 2.00 bits per heavy atom. The molecule has 0 aliphatic heterocycles. The highest BCUT2D eigenvalue weighted by atomic mass is 35.5. The van der Waals surface area contributed by atoms with Crippen molar-refractivity contribution >= 4 is 18.3 Å². The van der Waals surface area contributed by atoms with Crippen LogP contribution < -0.4 is 5.32 Å². The zero-order valence-corrected chi connectivity index (χ0v) is 12.4. The molecule has 1 N–H and O–H groups in total. The summed E-state index contributed by atoms with van der Waals surface area (Å²) in [5.74, 6) is 0.232. The maximum Gasteiger partial charge on any atom is 0.236 e. The Kier molecular flexibility index (Phi) is 10.4. The number of methoxy groups -OCH3 is 1. The van der Waals surface area contributed by atoms with Crippen molar-refractivity contribution in [1.29, 1.82) is 0 Å². The Morgan fingerprint density at radius 3 is 2.56 bits per heavy atom. The molecule has 4 nitrogen and oxygen atoms in total. The van der Waals surface area contributed by atoms with Crippen LogP contribution in [0.15, 0.2) is 0 Å². The Bertz CT molecular complexity index is 221. The number of rotatable bonds is 7. The summed E-state index contributed by atoms with van der Waals surface area (Å²) < 4.78 is 4.94. The molecule has 0 bridgehead atoms. The number of nitrogens with one attached hydrogen (secondary N) is 1. The Hall–Kier alpha value is -0.320. The van der Waals surface area contributed by atoms with Crippen molar-refractivity contribution < 1.29 is 9.53 Å². The SMILES string of the molecule is CCN(C(=O)CNCCOC)C1CCCCC1.Cl. The van der Waals surface area contributed by atoms with E-state index in [9.17, 15) is 4.79 Å². The fraction of sp³-hybridized carbons (Fsp3) is 0.923. The summed E-state index contributed by atoms with van der Waals surface area (Å²) in [4.78, 5) is 14.1. The van der Waals surface area contributed by atoms with Crippen LogP contribution in [0.5, 0.6) is 0 Å². The van der Waals surface area contributed by atoms with E-state index in [1.165, 1.54) is 32.1 Å². The second-order valence-corrected chi connectivity index (χ2v) is 4.64. The summed E-state index contributed by atoms with van der Waals surface area (Å²) in [6.45, 7) is 4.73. The molecule has 0 aromatic rings. The largest absolute Gasteiger partial charge is 0.383 e. The maximum atomic E-state index is 12.1. The molecule has 0 atom stereocenters. The molecule has 0 heterocycles. The van der Waals surface area contributed by atoms with E-state index in [1.54, 1.807) is 7.11 Å². The molecule has 0 aromatic heterocycles. The van der Waals surface area contributed by atoms with E-state index in [0.29, 0.717) is 19.2 Å². The molecule has 5 heteroatoms. The lowest BCUT2D eigenvalue weighted by atomic mass is 9.94. The zero-order valence-electron chi connectivity index (χ0n) is 11.6. The van der Waals surface area contributed by atoms with E-state index in [4.69, 9.17) is 4.74 Å². The predicted octanol–water partition coefficient (Wildman–Crippen LogP) is 1.83. The molecule has 18 heavy (non-hydrogen) atoms. The summed E-state index contributed by atoms with van der Waals surface area (Å²) in [7, 11) is 1.67. The quantitative estimate of drug-likeness (QED) is 0.723. The number of amides is 1. The lowest BCUT2D eigenvalue weighted by Crippen LogP contribution is -2.45. The standard InChI is InChI=1S/C13H26N2O2.ClH/c1-3-15(12-7-5-4-6-8-12)13(16)11-14-9-10-17-2;/h12,14H,3-11H2,1-2H3;1H. The van der Waals surface area contributed by atoms with Gasteiger partial charge in [0, 0.05) is 26.2 Å². The van der Waals surface area contributed by atoms with Gasteiger partial charge in [-0.3, -0.25) is 4.79 Å². The van der Waals surface area contributed by atoms with Crippen LogP contribution in [0.2, 0.25) is 0 Å². The summed E-state index contributed by atoms with van der Waals surface area (Å²) >= 11 is 0. The van der Waals surface area contributed by atoms with E-state index < -0.39 is 0 Å². The van der Waals surface area contributed by atoms with Gasteiger partial charge in [0.2, 0.25) is 5.91 Å². The van der Waals surface area contributed by atoms with Gasteiger partial charge in [-0.05, 0) is 19.8 Å². The lowest BCUT2D eigenvalue weighted by Gasteiger charge is -2.33. The van der Waals surface area contributed by atoms with Crippen molar-refractivity contribution in [2.75, 3.05) is 33.4 Å². The highest BCUT2D eigenvalue weighted by Gasteiger charge is 2.23. The van der Waals surface area contributed by atoms with Gasteiger partial charge in [0.15, 0.2) is 0 Å². The molecule has 1 saturated carbocycles. The minimum atomic E-state index is 0. The number of ether oxygens (including phenoxy) is 1. The molecule has 1 aliphatic rings. The van der Waals surface area contributed by atoms with E-state index in [2.05, 4.69) is 12.2 Å². The Balaban J connectivity index is 0.00000289. The fourth-order valence-corrected chi connectivity index (χ4v) is 2.50. The number of hydrogen-bond donors (Lipinski definition) is 1. The van der Waals surface area contributed by atoms with Crippen molar-refractivity contribution in [3.63, 3.8) is 0 Å². The van der Waals surface area contributed by atoms with Crippen LogP contribution in [0.25, 0.3) is 0 Å². The van der Waals surface area contributed by atoms with Crippen LogP contribution >= 0.6 is 12.4 Å². The third-order valence-electron chi connectivity index (χ3n) is 3.44. The number of halogens is 1. The van der Waals surface area contributed by atoms with Crippen LogP contribution in [0.3, 0.4) is 0 Å². The third kappa shape index (κ3) is 6.03. The topological polar surface area (TPSA) is 41.6 Å². The van der Waals surface area contributed by atoms with E-state index in [0.717, 1.165) is 13.1 Å². The first-order valence-electron chi connectivity index (χ1n) is 6.78. The lowest BCUT2D eigenvalue weighted by molar-refractivity contribution is -0.133. The smallest absolute Gasteiger partial charge is 0.236 e. The number of carbonyl (C=O) groups is 1. The number of nitrogens with zero attached hydrogens (tertiary/aromatic N) is 1. The molecule has 1 fully saturated rings. The van der Waals surface area contributed by atoms with Gasteiger partial charge in [-0.15, -0.1) is 12.4 Å². The summed E-state index contributed by atoms with van der Waals surface area (Å²) in [5, 5.41) is 3.12. The summed E-state index contributed by atoms with van der Waals surface area (Å²) in [6, 6.07) is 0.477. The molecule has 0 saturated heterocycles. The van der Waals surface area contributed by atoms with Crippen LogP contribution in [0, 0.1) is 0 Å². The normalized spacial score (nSPS) is 16.1. The molecule has 1 rings (SSSR count). The highest BCUT2D eigenvalue weighted by Crippen LogP contribution is 2.22. The van der Waals surface area contributed by atoms with E-state index in [1.807, 2.05) is 4.90 Å². The van der Waals surface area contributed by atoms with Crippen LogP contribution in [-0.2, 0) is 9.53 Å². The zero-order chi connectivity index (χ0) is 12.5. The van der Waals surface area contributed by atoms with Gasteiger partial charge in [0.1, 0.15) is 0 Å². The van der Waals surface area contributed by atoms with Gasteiger partial charge in [-0.2, -0.15) is 0 Å². The monoisotopic (exact) mass is 278 g/mol. The van der Waals surface area contributed by atoms with E-state index in [-0.39, 0.29) is 18.3 Å². The molecular formula is C13H27ClN2O2. The van der Waals surface area contributed by atoms with Crippen LogP contribution in [-0.4, -0.2) is 50.2 Å². The molecule has 0 spiro atoms. The van der Waals surface area contributed by atoms with Gasteiger partial charge in [0.05, 0.1) is 13.2 Å². The summed E-state index contributed by atoms with van der Waals surface area (Å²) in [5.41, 5.74) is 0. The van der Waals surface area contributed by atoms with E-state index >= 15 is 0 Å². The average molecular weight is 279 g/mol. The average Bonchev–Trinajstić information content (AvgIpc) is 2.37. The molecule has 0 unspecified atom stereocenters. The van der Waals surface area contributed by atoms with Gasteiger partial charge in [0.25, 0.3) is 0 Å². The Labute approximate surface area is 117 Å². The molecule has 1 amide bonds. The highest BCUT2D eigenvalue weighted by molar-refractivity contribution is 5.85. The number of carbonyl (C=O) groups excluding carboxylic acids is 1. The van der Waals surface area contributed by atoms with Crippen molar-refractivity contribution in [2.24, 2.45) is 0 Å². The molecule has 108 valence electrons. The first-order valence-corrected chi connectivity index (χ1v) is 6.78. The van der Waals surface area contributed by atoms with Crippen LogP contribution in [0.1, 0.15) is 39.0 Å². The minimum absolute atomic E-state index is 0. The first kappa shape index (κ1) is 17.7. The second-order valence-electron chi connectivity index (χ2n) is 4.64. The maximum absolute atomic E-state index is 12.1. The molecule has 0 aromatic carbocycles. The Morgan fingerprint density at radius 1 is 1.33 bits per heavy atom. The fourth-order valence-electron chi connectivity index (χ4n) is 2.50. The molecular weight excluding hydrogens is 252 g/mol. The van der Waals surface area contributed by atoms with Crippen molar-refractivity contribution in [3.8, 4) is 0 Å². The van der Waals surface area contributed by atoms with Gasteiger partial charge < -0.3 is 15.0 Å². The molecule has 0 radical (unpaired) electrons. The summed E-state index contributed by atoms with van der Waals surface area (Å²) in [6.07, 6.45) is 6.22. The van der Waals surface area contributed by atoms with Gasteiger partial charge in [-0.1, -0.05) is 19.3 Å². The second kappa shape index (κ2) is 10.6. The van der Waals surface area contributed by atoms with Gasteiger partial charge in [-0.25, -0.2) is 0 Å². The minimum Gasteiger partial charge on any atom is -0.383 e. The van der Waals surface area contributed by atoms with Crippen LogP contribution in [0.4, 0.5) is 0 Å². The number of hydrogen-bond acceptors (Lipinski definition) is 3. The van der Waals surface area contributed by atoms with Crippen molar-refractivity contribution in [1.82, 2.24) is 10.2 Å². The molecule has 1 aliphatic carbocycles. The third-order valence-corrected chi connectivity index (χ3v) is 3.44. The van der Waals surface area contributed by atoms with Crippen molar-refractivity contribution in [2.45, 2.75) is 45.1 Å². The van der Waals surface area contributed by atoms with Crippen molar-refractivity contribution in [3.05, 3.63) is 0 Å².